The highest BCUT2D eigenvalue weighted by Gasteiger charge is 2.13. The summed E-state index contributed by atoms with van der Waals surface area (Å²) in [6, 6.07) is 5.50. The number of carbonyl (C=O) groups excluding carboxylic acids is 1. The second-order valence-electron chi connectivity index (χ2n) is 5.48. The maximum atomic E-state index is 11.9. The van der Waals surface area contributed by atoms with E-state index in [1.54, 1.807) is 6.20 Å². The van der Waals surface area contributed by atoms with Gasteiger partial charge in [-0.3, -0.25) is 9.78 Å². The van der Waals surface area contributed by atoms with Crippen LogP contribution in [0.5, 0.6) is 5.75 Å². The van der Waals surface area contributed by atoms with E-state index in [4.69, 9.17) is 21.1 Å². The van der Waals surface area contributed by atoms with Crippen molar-refractivity contribution in [3.63, 3.8) is 0 Å². The maximum absolute atomic E-state index is 11.9. The minimum absolute atomic E-state index is 0.0612. The minimum Gasteiger partial charge on any atom is -0.480 e. The smallest absolute Gasteiger partial charge is 0.257 e. The van der Waals surface area contributed by atoms with Gasteiger partial charge in [-0.15, -0.1) is 0 Å². The summed E-state index contributed by atoms with van der Waals surface area (Å²) < 4.78 is 11.9. The van der Waals surface area contributed by atoms with Gasteiger partial charge in [0.1, 0.15) is 5.52 Å². The van der Waals surface area contributed by atoms with E-state index >= 15 is 0 Å². The van der Waals surface area contributed by atoms with Crippen LogP contribution in [-0.4, -0.2) is 36.8 Å². The summed E-state index contributed by atoms with van der Waals surface area (Å²) >= 11 is 8.35. The summed E-state index contributed by atoms with van der Waals surface area (Å²) in [6.07, 6.45) is 2.65. The Morgan fingerprint density at radius 3 is 3.00 bits per heavy atom. The topological polar surface area (TPSA) is 60.5 Å². The van der Waals surface area contributed by atoms with E-state index in [-0.39, 0.29) is 18.6 Å². The largest absolute Gasteiger partial charge is 0.480 e. The third-order valence-electron chi connectivity index (χ3n) is 3.19. The van der Waals surface area contributed by atoms with Crippen molar-refractivity contribution in [2.75, 3.05) is 19.8 Å². The van der Waals surface area contributed by atoms with Gasteiger partial charge < -0.3 is 14.8 Å². The Balaban J connectivity index is 1.90. The molecule has 0 aliphatic carbocycles. The van der Waals surface area contributed by atoms with Crippen molar-refractivity contribution < 1.29 is 14.3 Å². The van der Waals surface area contributed by atoms with Gasteiger partial charge in [-0.1, -0.05) is 11.6 Å². The van der Waals surface area contributed by atoms with Crippen LogP contribution in [0.2, 0.25) is 5.02 Å². The summed E-state index contributed by atoms with van der Waals surface area (Å²) in [4.78, 5) is 16.2. The van der Waals surface area contributed by atoms with E-state index in [0.717, 1.165) is 15.4 Å². The first-order chi connectivity index (χ1) is 11.5. The Labute approximate surface area is 160 Å². The van der Waals surface area contributed by atoms with E-state index in [0.29, 0.717) is 29.4 Å². The molecule has 0 unspecified atom stereocenters. The molecule has 0 atom stereocenters. The van der Waals surface area contributed by atoms with E-state index in [1.807, 2.05) is 32.0 Å². The van der Waals surface area contributed by atoms with Crippen molar-refractivity contribution in [1.82, 2.24) is 10.3 Å². The lowest BCUT2D eigenvalue weighted by Crippen LogP contribution is -2.30. The summed E-state index contributed by atoms with van der Waals surface area (Å²) in [5, 5.41) is 4.23. The quantitative estimate of drug-likeness (QED) is 0.479. The number of benzene rings is 1. The molecule has 0 saturated carbocycles. The van der Waals surface area contributed by atoms with Gasteiger partial charge in [0, 0.05) is 24.7 Å². The number of pyridine rings is 1. The molecule has 0 bridgehead atoms. The molecule has 1 amide bonds. The highest BCUT2D eigenvalue weighted by Crippen LogP contribution is 2.34. The molecule has 5 nitrogen and oxygen atoms in total. The monoisotopic (exact) mass is 462 g/mol. The maximum Gasteiger partial charge on any atom is 0.257 e. The molecule has 0 saturated heterocycles. The second-order valence-corrected chi connectivity index (χ2v) is 7.05. The first kappa shape index (κ1) is 19.2. The van der Waals surface area contributed by atoms with Gasteiger partial charge in [0.25, 0.3) is 5.91 Å². The number of hydrogen-bond donors (Lipinski definition) is 1. The van der Waals surface area contributed by atoms with E-state index in [9.17, 15) is 4.79 Å². The number of ether oxygens (including phenoxy) is 2. The SMILES string of the molecule is CC(C)OCCCNC(=O)COc1c(I)cc(Cl)c2cccnc12. The Morgan fingerprint density at radius 1 is 1.46 bits per heavy atom. The fraction of sp³-hybridized carbons (Fsp3) is 0.412. The number of aromatic nitrogens is 1. The Bertz CT molecular complexity index is 710. The highest BCUT2D eigenvalue weighted by atomic mass is 127. The molecule has 1 aromatic heterocycles. The number of hydrogen-bond acceptors (Lipinski definition) is 4. The fourth-order valence-corrected chi connectivity index (χ4v) is 3.26. The van der Waals surface area contributed by atoms with Crippen LogP contribution in [-0.2, 0) is 9.53 Å². The third kappa shape index (κ3) is 5.46. The van der Waals surface area contributed by atoms with Crippen LogP contribution in [0.25, 0.3) is 10.9 Å². The predicted molar refractivity (Wildman–Crippen MR) is 104 cm³/mol. The Hall–Kier alpha value is -1.12. The lowest BCUT2D eigenvalue weighted by molar-refractivity contribution is -0.123. The summed E-state index contributed by atoms with van der Waals surface area (Å²) in [6.45, 7) is 5.10. The first-order valence-electron chi connectivity index (χ1n) is 7.73. The number of nitrogens with zero attached hydrogens (tertiary/aromatic N) is 1. The molecule has 0 aliphatic rings. The van der Waals surface area contributed by atoms with Crippen LogP contribution in [0.3, 0.4) is 0 Å². The van der Waals surface area contributed by atoms with Gasteiger partial charge in [-0.05, 0) is 61.1 Å². The summed E-state index contributed by atoms with van der Waals surface area (Å²) in [5.41, 5.74) is 0.660. The molecule has 130 valence electrons. The lowest BCUT2D eigenvalue weighted by Gasteiger charge is -2.12. The van der Waals surface area contributed by atoms with Crippen molar-refractivity contribution in [1.29, 1.82) is 0 Å². The molecular weight excluding hydrogens is 443 g/mol. The number of nitrogens with one attached hydrogen (secondary N) is 1. The van der Waals surface area contributed by atoms with Crippen LogP contribution in [0.15, 0.2) is 24.4 Å². The molecular formula is C17H20ClIN2O3. The van der Waals surface area contributed by atoms with E-state index in [1.165, 1.54) is 0 Å². The van der Waals surface area contributed by atoms with Gasteiger partial charge >= 0.3 is 0 Å². The number of halogens is 2. The van der Waals surface area contributed by atoms with Crippen molar-refractivity contribution in [2.45, 2.75) is 26.4 Å². The molecule has 1 heterocycles. The highest BCUT2D eigenvalue weighted by molar-refractivity contribution is 14.1. The molecule has 0 aliphatic heterocycles. The van der Waals surface area contributed by atoms with Crippen LogP contribution in [0.1, 0.15) is 20.3 Å². The molecule has 2 aromatic rings. The van der Waals surface area contributed by atoms with Gasteiger partial charge in [0.15, 0.2) is 12.4 Å². The third-order valence-corrected chi connectivity index (χ3v) is 4.31. The van der Waals surface area contributed by atoms with Crippen LogP contribution in [0, 0.1) is 3.57 Å². The van der Waals surface area contributed by atoms with Gasteiger partial charge in [0.05, 0.1) is 14.7 Å². The van der Waals surface area contributed by atoms with Crippen molar-refractivity contribution in [3.05, 3.63) is 33.0 Å². The first-order valence-corrected chi connectivity index (χ1v) is 9.18. The lowest BCUT2D eigenvalue weighted by atomic mass is 10.2. The van der Waals surface area contributed by atoms with Crippen molar-refractivity contribution >= 4 is 51.0 Å². The zero-order chi connectivity index (χ0) is 17.5. The number of rotatable bonds is 8. The van der Waals surface area contributed by atoms with Gasteiger partial charge in [-0.25, -0.2) is 0 Å². The van der Waals surface area contributed by atoms with Crippen molar-refractivity contribution in [3.8, 4) is 5.75 Å². The molecule has 1 aromatic carbocycles. The van der Waals surface area contributed by atoms with Gasteiger partial charge in [0.2, 0.25) is 0 Å². The standard InChI is InChI=1S/C17H20ClIN2O3/c1-11(2)23-8-4-7-20-15(22)10-24-17-14(19)9-13(18)12-5-3-6-21-16(12)17/h3,5-6,9,11H,4,7-8,10H2,1-2H3,(H,20,22). The minimum atomic E-state index is -0.172. The molecule has 1 N–H and O–H groups in total. The predicted octanol–water partition coefficient (Wildman–Crippen LogP) is 3.80. The van der Waals surface area contributed by atoms with Crippen molar-refractivity contribution in [2.24, 2.45) is 0 Å². The molecule has 0 fully saturated rings. The molecule has 0 radical (unpaired) electrons. The van der Waals surface area contributed by atoms with Crippen LogP contribution >= 0.6 is 34.2 Å². The van der Waals surface area contributed by atoms with Crippen LogP contribution < -0.4 is 10.1 Å². The Morgan fingerprint density at radius 2 is 2.25 bits per heavy atom. The molecule has 7 heteroatoms. The number of carbonyl (C=O) groups is 1. The number of fused-ring (bicyclic) bond motifs is 1. The summed E-state index contributed by atoms with van der Waals surface area (Å²) in [7, 11) is 0. The van der Waals surface area contributed by atoms with Crippen LogP contribution in [0.4, 0.5) is 0 Å². The second kappa shape index (κ2) is 9.39. The zero-order valence-corrected chi connectivity index (χ0v) is 16.6. The number of amides is 1. The fourth-order valence-electron chi connectivity index (χ4n) is 2.09. The molecule has 2 rings (SSSR count). The summed E-state index contributed by atoms with van der Waals surface area (Å²) in [5.74, 6) is 0.406. The normalized spacial score (nSPS) is 11.0. The molecule has 24 heavy (non-hydrogen) atoms. The average molecular weight is 463 g/mol. The average Bonchev–Trinajstić information content (AvgIpc) is 2.54. The zero-order valence-electron chi connectivity index (χ0n) is 13.6. The molecule has 0 spiro atoms. The van der Waals surface area contributed by atoms with E-state index < -0.39 is 0 Å². The Kier molecular flexibility index (Phi) is 7.51. The van der Waals surface area contributed by atoms with Gasteiger partial charge in [-0.2, -0.15) is 0 Å². The van der Waals surface area contributed by atoms with E-state index in [2.05, 4.69) is 32.9 Å².